The molecule has 0 aliphatic carbocycles. The van der Waals surface area contributed by atoms with Gasteiger partial charge in [0.15, 0.2) is 11.5 Å². The Bertz CT molecular complexity index is 852. The molecule has 2 aromatic carbocycles. The number of nitro benzene ring substituents is 1. The fraction of sp³-hybridized carbons (Fsp3) is 0.278. The summed E-state index contributed by atoms with van der Waals surface area (Å²) < 4.78 is 16.2. The zero-order chi connectivity index (χ0) is 18.7. The lowest BCUT2D eigenvalue weighted by Crippen LogP contribution is -2.27. The van der Waals surface area contributed by atoms with Crippen LogP contribution in [0.1, 0.15) is 28.9 Å². The largest absolute Gasteiger partial charge is 0.496 e. The molecule has 26 heavy (non-hydrogen) atoms. The molecule has 0 radical (unpaired) electrons. The number of methoxy groups -OCH3 is 1. The number of carbonyl (C=O) groups is 1. The lowest BCUT2D eigenvalue weighted by molar-refractivity contribution is -0.384. The summed E-state index contributed by atoms with van der Waals surface area (Å²) in [5, 5.41) is 13.8. The molecule has 1 aliphatic rings. The van der Waals surface area contributed by atoms with Gasteiger partial charge in [0.2, 0.25) is 0 Å². The van der Waals surface area contributed by atoms with Crippen LogP contribution in [0.15, 0.2) is 36.4 Å². The van der Waals surface area contributed by atoms with Gasteiger partial charge < -0.3 is 19.5 Å². The first-order valence-electron chi connectivity index (χ1n) is 8.02. The Morgan fingerprint density at radius 1 is 1.19 bits per heavy atom. The number of nitrogens with one attached hydrogen (secondary N) is 1. The van der Waals surface area contributed by atoms with Gasteiger partial charge in [-0.2, -0.15) is 0 Å². The minimum absolute atomic E-state index is 0.103. The predicted molar refractivity (Wildman–Crippen MR) is 93.0 cm³/mol. The molecule has 1 amide bonds. The number of nitrogens with zero attached hydrogens (tertiary/aromatic N) is 1. The number of rotatable bonds is 5. The van der Waals surface area contributed by atoms with Crippen LogP contribution in [0.25, 0.3) is 0 Å². The molecule has 0 saturated carbocycles. The molecule has 136 valence electrons. The average Bonchev–Trinajstić information content (AvgIpc) is 2.66. The van der Waals surface area contributed by atoms with Crippen LogP contribution in [0.3, 0.4) is 0 Å². The number of nitro groups is 1. The van der Waals surface area contributed by atoms with Gasteiger partial charge in [-0.05, 0) is 30.7 Å². The smallest absolute Gasteiger partial charge is 0.270 e. The Morgan fingerprint density at radius 3 is 2.62 bits per heavy atom. The standard InChI is InChI=1S/C18H18N2O6/c1-11(12-3-5-16-17(9-12)26-8-7-25-16)19-18(21)14-10-13(20(22)23)4-6-15(14)24-2/h3-6,9-11H,7-8H2,1-2H3,(H,19,21). The van der Waals surface area contributed by atoms with E-state index in [0.717, 1.165) is 5.56 Å². The normalized spacial score (nSPS) is 13.6. The van der Waals surface area contributed by atoms with Crippen LogP contribution in [-0.4, -0.2) is 31.2 Å². The van der Waals surface area contributed by atoms with Gasteiger partial charge in [0.1, 0.15) is 19.0 Å². The van der Waals surface area contributed by atoms with Crippen molar-refractivity contribution >= 4 is 11.6 Å². The zero-order valence-corrected chi connectivity index (χ0v) is 14.4. The molecule has 0 saturated heterocycles. The average molecular weight is 358 g/mol. The molecule has 0 fully saturated rings. The zero-order valence-electron chi connectivity index (χ0n) is 14.4. The summed E-state index contributed by atoms with van der Waals surface area (Å²) >= 11 is 0. The van der Waals surface area contributed by atoms with E-state index < -0.39 is 10.8 Å². The van der Waals surface area contributed by atoms with Gasteiger partial charge in [0, 0.05) is 12.1 Å². The molecule has 1 heterocycles. The van der Waals surface area contributed by atoms with Gasteiger partial charge in [0.25, 0.3) is 11.6 Å². The van der Waals surface area contributed by atoms with Crippen LogP contribution in [0, 0.1) is 10.1 Å². The summed E-state index contributed by atoms with van der Waals surface area (Å²) in [6.07, 6.45) is 0. The lowest BCUT2D eigenvalue weighted by atomic mass is 10.1. The first kappa shape index (κ1) is 17.5. The van der Waals surface area contributed by atoms with Crippen molar-refractivity contribution < 1.29 is 23.9 Å². The maximum Gasteiger partial charge on any atom is 0.270 e. The molecule has 8 nitrogen and oxygen atoms in total. The Morgan fingerprint density at radius 2 is 1.92 bits per heavy atom. The summed E-state index contributed by atoms with van der Waals surface area (Å²) in [6, 6.07) is 8.99. The van der Waals surface area contributed by atoms with Crippen molar-refractivity contribution in [1.82, 2.24) is 5.32 Å². The number of benzene rings is 2. The first-order chi connectivity index (χ1) is 12.5. The number of amides is 1. The van der Waals surface area contributed by atoms with E-state index in [-0.39, 0.29) is 23.0 Å². The second-order valence-electron chi connectivity index (χ2n) is 5.74. The molecule has 0 aromatic heterocycles. The molecule has 1 unspecified atom stereocenters. The van der Waals surface area contributed by atoms with Crippen LogP contribution in [0.4, 0.5) is 5.69 Å². The molecular formula is C18H18N2O6. The third kappa shape index (κ3) is 3.53. The third-order valence-corrected chi connectivity index (χ3v) is 4.05. The second kappa shape index (κ2) is 7.30. The van der Waals surface area contributed by atoms with E-state index in [1.807, 2.05) is 19.1 Å². The second-order valence-corrected chi connectivity index (χ2v) is 5.74. The Hall–Kier alpha value is -3.29. The number of ether oxygens (including phenoxy) is 3. The quantitative estimate of drug-likeness (QED) is 0.652. The topological polar surface area (TPSA) is 99.9 Å². The van der Waals surface area contributed by atoms with E-state index in [1.54, 1.807) is 6.07 Å². The van der Waals surface area contributed by atoms with E-state index in [4.69, 9.17) is 14.2 Å². The summed E-state index contributed by atoms with van der Waals surface area (Å²) in [4.78, 5) is 23.0. The van der Waals surface area contributed by atoms with Crippen molar-refractivity contribution in [3.05, 3.63) is 57.6 Å². The minimum Gasteiger partial charge on any atom is -0.496 e. The number of carbonyl (C=O) groups excluding carboxylic acids is 1. The lowest BCUT2D eigenvalue weighted by Gasteiger charge is -2.21. The van der Waals surface area contributed by atoms with Gasteiger partial charge >= 0.3 is 0 Å². The number of hydrogen-bond donors (Lipinski definition) is 1. The van der Waals surface area contributed by atoms with Crippen molar-refractivity contribution in [1.29, 1.82) is 0 Å². The first-order valence-corrected chi connectivity index (χ1v) is 8.02. The molecule has 1 atom stereocenters. The van der Waals surface area contributed by atoms with E-state index in [2.05, 4.69) is 5.32 Å². The Labute approximate surface area is 149 Å². The Kier molecular flexibility index (Phi) is 4.92. The van der Waals surface area contributed by atoms with Crippen molar-refractivity contribution in [3.8, 4) is 17.2 Å². The van der Waals surface area contributed by atoms with Gasteiger partial charge in [-0.15, -0.1) is 0 Å². The number of non-ortho nitro benzene ring substituents is 1. The molecule has 3 rings (SSSR count). The van der Waals surface area contributed by atoms with Crippen molar-refractivity contribution in [2.45, 2.75) is 13.0 Å². The maximum atomic E-state index is 12.6. The van der Waals surface area contributed by atoms with Gasteiger partial charge in [0.05, 0.1) is 23.6 Å². The van der Waals surface area contributed by atoms with Crippen molar-refractivity contribution in [2.24, 2.45) is 0 Å². The highest BCUT2D eigenvalue weighted by Crippen LogP contribution is 2.33. The molecule has 0 bridgehead atoms. The van der Waals surface area contributed by atoms with Crippen LogP contribution in [-0.2, 0) is 0 Å². The van der Waals surface area contributed by atoms with E-state index in [0.29, 0.717) is 24.7 Å². The van der Waals surface area contributed by atoms with Crippen molar-refractivity contribution in [2.75, 3.05) is 20.3 Å². The van der Waals surface area contributed by atoms with Crippen LogP contribution >= 0.6 is 0 Å². The molecular weight excluding hydrogens is 340 g/mol. The summed E-state index contributed by atoms with van der Waals surface area (Å²) in [7, 11) is 1.40. The SMILES string of the molecule is COc1ccc([N+](=O)[O-])cc1C(=O)NC(C)c1ccc2c(c1)OCCO2. The van der Waals surface area contributed by atoms with Crippen LogP contribution in [0.5, 0.6) is 17.2 Å². The molecule has 1 N–H and O–H groups in total. The van der Waals surface area contributed by atoms with E-state index >= 15 is 0 Å². The molecule has 2 aromatic rings. The highest BCUT2D eigenvalue weighted by atomic mass is 16.6. The minimum atomic E-state index is -0.555. The third-order valence-electron chi connectivity index (χ3n) is 4.05. The van der Waals surface area contributed by atoms with Crippen LogP contribution in [0.2, 0.25) is 0 Å². The number of fused-ring (bicyclic) bond motifs is 1. The van der Waals surface area contributed by atoms with Gasteiger partial charge in [-0.1, -0.05) is 6.07 Å². The molecule has 0 spiro atoms. The molecule has 1 aliphatic heterocycles. The van der Waals surface area contributed by atoms with Crippen molar-refractivity contribution in [3.63, 3.8) is 0 Å². The van der Waals surface area contributed by atoms with Gasteiger partial charge in [-0.3, -0.25) is 14.9 Å². The summed E-state index contributed by atoms with van der Waals surface area (Å²) in [6.45, 7) is 2.79. The van der Waals surface area contributed by atoms with Crippen LogP contribution < -0.4 is 19.5 Å². The van der Waals surface area contributed by atoms with E-state index in [9.17, 15) is 14.9 Å². The number of hydrogen-bond acceptors (Lipinski definition) is 6. The highest BCUT2D eigenvalue weighted by molar-refractivity contribution is 5.97. The fourth-order valence-corrected chi connectivity index (χ4v) is 2.67. The summed E-state index contributed by atoms with van der Waals surface area (Å²) in [5.41, 5.74) is 0.751. The monoisotopic (exact) mass is 358 g/mol. The summed E-state index contributed by atoms with van der Waals surface area (Å²) in [5.74, 6) is 1.09. The molecule has 8 heteroatoms. The fourth-order valence-electron chi connectivity index (χ4n) is 2.67. The predicted octanol–water partition coefficient (Wildman–Crippen LogP) is 2.87. The maximum absolute atomic E-state index is 12.6. The Balaban J connectivity index is 1.81. The van der Waals surface area contributed by atoms with E-state index in [1.165, 1.54) is 25.3 Å². The highest BCUT2D eigenvalue weighted by Gasteiger charge is 2.20. The van der Waals surface area contributed by atoms with Gasteiger partial charge in [-0.25, -0.2) is 0 Å².